The Morgan fingerprint density at radius 3 is 3.04 bits per heavy atom. The first kappa shape index (κ1) is 15.7. The molecule has 1 aliphatic carbocycles. The number of benzene rings is 1. The lowest BCUT2D eigenvalue weighted by molar-refractivity contribution is -0.139. The van der Waals surface area contributed by atoms with Crippen molar-refractivity contribution < 1.29 is 19.4 Å². The van der Waals surface area contributed by atoms with Gasteiger partial charge in [-0.05, 0) is 31.4 Å². The minimum absolute atomic E-state index is 0.370. The Morgan fingerprint density at radius 2 is 2.21 bits per heavy atom. The summed E-state index contributed by atoms with van der Waals surface area (Å²) >= 11 is 0. The van der Waals surface area contributed by atoms with Gasteiger partial charge in [0.05, 0.1) is 6.21 Å². The third-order valence-corrected chi connectivity index (χ3v) is 3.66. The highest BCUT2D eigenvalue weighted by Crippen LogP contribution is 2.22. The van der Waals surface area contributed by atoms with Crippen molar-refractivity contribution in [1.29, 1.82) is 0 Å². The number of nitrogens with zero attached hydrogens (tertiary/aromatic N) is 2. The van der Waals surface area contributed by atoms with Crippen LogP contribution < -0.4 is 10.2 Å². The zero-order valence-corrected chi connectivity index (χ0v) is 12.8. The number of carboxylic acids is 1. The average molecular weight is 328 g/mol. The van der Waals surface area contributed by atoms with Gasteiger partial charge in [-0.1, -0.05) is 12.1 Å². The number of fused-ring (bicyclic) bond motifs is 1. The summed E-state index contributed by atoms with van der Waals surface area (Å²) in [6.07, 6.45) is 4.17. The smallest absolute Gasteiger partial charge is 0.341 e. The maximum absolute atomic E-state index is 12.1. The molecular weight excluding hydrogens is 312 g/mol. The van der Waals surface area contributed by atoms with E-state index in [1.807, 2.05) is 0 Å². The fraction of sp³-hybridized carbons (Fsp3) is 0.250. The molecule has 8 nitrogen and oxygen atoms in total. The van der Waals surface area contributed by atoms with Gasteiger partial charge in [0.1, 0.15) is 5.75 Å². The molecule has 0 radical (unpaired) electrons. The summed E-state index contributed by atoms with van der Waals surface area (Å²) < 4.78 is 5.17. The molecule has 1 aliphatic rings. The van der Waals surface area contributed by atoms with Crippen LogP contribution >= 0.6 is 0 Å². The van der Waals surface area contributed by atoms with Crippen LogP contribution in [0.1, 0.15) is 33.7 Å². The van der Waals surface area contributed by atoms with Crippen molar-refractivity contribution in [2.45, 2.75) is 19.3 Å². The molecule has 2 aromatic rings. The quantitative estimate of drug-likeness (QED) is 0.543. The van der Waals surface area contributed by atoms with Crippen molar-refractivity contribution in [3.8, 4) is 5.75 Å². The molecular formula is C16H16N4O4. The normalized spacial score (nSPS) is 13.0. The van der Waals surface area contributed by atoms with Crippen LogP contribution in [0.25, 0.3) is 0 Å². The van der Waals surface area contributed by atoms with Gasteiger partial charge < -0.3 is 9.84 Å². The predicted octanol–water partition coefficient (Wildman–Crippen LogP) is 1.13. The van der Waals surface area contributed by atoms with Gasteiger partial charge in [-0.15, -0.1) is 0 Å². The van der Waals surface area contributed by atoms with Crippen molar-refractivity contribution >= 4 is 18.1 Å². The Bertz CT molecular complexity index is 797. The number of hydrazone groups is 1. The van der Waals surface area contributed by atoms with Crippen LogP contribution in [0.15, 0.2) is 29.4 Å². The van der Waals surface area contributed by atoms with Crippen molar-refractivity contribution in [1.82, 2.24) is 15.6 Å². The molecule has 1 aromatic heterocycles. The average Bonchev–Trinajstić information content (AvgIpc) is 3.16. The summed E-state index contributed by atoms with van der Waals surface area (Å²) in [5, 5.41) is 19.5. The van der Waals surface area contributed by atoms with E-state index in [0.717, 1.165) is 30.5 Å². The molecule has 0 saturated heterocycles. The van der Waals surface area contributed by atoms with Crippen LogP contribution in [0.3, 0.4) is 0 Å². The van der Waals surface area contributed by atoms with Gasteiger partial charge in [0, 0.05) is 16.8 Å². The van der Waals surface area contributed by atoms with Gasteiger partial charge in [0.15, 0.2) is 12.3 Å². The first-order valence-electron chi connectivity index (χ1n) is 7.48. The van der Waals surface area contributed by atoms with Gasteiger partial charge >= 0.3 is 5.97 Å². The van der Waals surface area contributed by atoms with Gasteiger partial charge in [-0.2, -0.15) is 10.2 Å². The summed E-state index contributed by atoms with van der Waals surface area (Å²) in [5.74, 6) is -1.07. The summed E-state index contributed by atoms with van der Waals surface area (Å²) in [7, 11) is 0. The number of hydrogen-bond acceptors (Lipinski definition) is 5. The topological polar surface area (TPSA) is 117 Å². The van der Waals surface area contributed by atoms with Crippen molar-refractivity contribution in [2.75, 3.05) is 6.61 Å². The molecule has 8 heteroatoms. The molecule has 124 valence electrons. The Hall–Kier alpha value is -3.16. The van der Waals surface area contributed by atoms with Gasteiger partial charge in [-0.3, -0.25) is 9.89 Å². The Balaban J connectivity index is 1.66. The number of carbonyl (C=O) groups is 2. The fourth-order valence-electron chi connectivity index (χ4n) is 2.58. The molecule has 1 heterocycles. The molecule has 0 bridgehead atoms. The molecule has 0 atom stereocenters. The van der Waals surface area contributed by atoms with Crippen LogP contribution in [-0.2, 0) is 17.6 Å². The Morgan fingerprint density at radius 1 is 1.38 bits per heavy atom. The number of carboxylic acid groups (broad SMARTS) is 1. The monoisotopic (exact) mass is 328 g/mol. The second kappa shape index (κ2) is 6.95. The van der Waals surface area contributed by atoms with E-state index in [2.05, 4.69) is 20.7 Å². The van der Waals surface area contributed by atoms with E-state index in [-0.39, 0.29) is 5.91 Å². The summed E-state index contributed by atoms with van der Waals surface area (Å²) in [4.78, 5) is 22.7. The van der Waals surface area contributed by atoms with Crippen LogP contribution in [0, 0.1) is 0 Å². The standard InChI is InChI=1S/C16H16N4O4/c21-14(22)9-24-13-7-2-1-4-10(13)8-17-20-16(23)15-11-5-3-6-12(11)18-19-15/h1-2,4,7-8H,3,5-6,9H2,(H,18,19)(H,20,23)(H,21,22)/b17-8+. The molecule has 0 fully saturated rings. The maximum Gasteiger partial charge on any atom is 0.341 e. The van der Waals surface area contributed by atoms with Crippen molar-refractivity contribution in [3.05, 3.63) is 46.8 Å². The number of ether oxygens (including phenoxy) is 1. The zero-order valence-electron chi connectivity index (χ0n) is 12.8. The van der Waals surface area contributed by atoms with Crippen LogP contribution in [0.2, 0.25) is 0 Å². The number of amides is 1. The first-order chi connectivity index (χ1) is 11.6. The SMILES string of the molecule is O=C(O)COc1ccccc1/C=N/NC(=O)c1n[nH]c2c1CCC2. The number of aliphatic carboxylic acids is 1. The lowest BCUT2D eigenvalue weighted by Crippen LogP contribution is -2.19. The highest BCUT2D eigenvalue weighted by Gasteiger charge is 2.22. The van der Waals surface area contributed by atoms with E-state index in [1.54, 1.807) is 24.3 Å². The van der Waals surface area contributed by atoms with Crippen LogP contribution in [0.5, 0.6) is 5.75 Å². The van der Waals surface area contributed by atoms with Crippen molar-refractivity contribution in [3.63, 3.8) is 0 Å². The lowest BCUT2D eigenvalue weighted by Gasteiger charge is -2.06. The molecule has 0 unspecified atom stereocenters. The van der Waals surface area contributed by atoms with Crippen LogP contribution in [-0.4, -0.2) is 40.0 Å². The number of nitrogens with one attached hydrogen (secondary N) is 2. The van der Waals surface area contributed by atoms with E-state index in [4.69, 9.17) is 9.84 Å². The summed E-state index contributed by atoms with van der Waals surface area (Å²) in [6.45, 7) is -0.448. The van der Waals surface area contributed by atoms with Crippen LogP contribution in [0.4, 0.5) is 0 Å². The molecule has 24 heavy (non-hydrogen) atoms. The maximum atomic E-state index is 12.1. The second-order valence-corrected chi connectivity index (χ2v) is 5.30. The number of hydrogen-bond donors (Lipinski definition) is 3. The summed E-state index contributed by atoms with van der Waals surface area (Å²) in [5.41, 5.74) is 5.33. The number of aromatic amines is 1. The van der Waals surface area contributed by atoms with Crippen molar-refractivity contribution in [2.24, 2.45) is 5.10 Å². The largest absolute Gasteiger partial charge is 0.481 e. The fourth-order valence-corrected chi connectivity index (χ4v) is 2.58. The number of H-pyrrole nitrogens is 1. The third-order valence-electron chi connectivity index (χ3n) is 3.66. The molecule has 3 N–H and O–H groups in total. The molecule has 0 spiro atoms. The number of aryl methyl sites for hydroxylation is 1. The minimum atomic E-state index is -1.07. The highest BCUT2D eigenvalue weighted by atomic mass is 16.5. The van der Waals surface area contributed by atoms with Gasteiger partial charge in [-0.25, -0.2) is 10.2 Å². The molecule has 0 saturated carbocycles. The Labute approximate surface area is 137 Å². The third kappa shape index (κ3) is 3.43. The number of carbonyl (C=O) groups excluding carboxylic acids is 1. The van der Waals surface area contributed by atoms with E-state index in [1.165, 1.54) is 6.21 Å². The van der Waals surface area contributed by atoms with E-state index >= 15 is 0 Å². The number of para-hydroxylation sites is 1. The van der Waals surface area contributed by atoms with E-state index in [9.17, 15) is 9.59 Å². The number of rotatable bonds is 6. The van der Waals surface area contributed by atoms with E-state index in [0.29, 0.717) is 17.0 Å². The minimum Gasteiger partial charge on any atom is -0.481 e. The highest BCUT2D eigenvalue weighted by molar-refractivity contribution is 5.95. The number of aromatic nitrogens is 2. The molecule has 3 rings (SSSR count). The lowest BCUT2D eigenvalue weighted by atomic mass is 10.2. The molecule has 1 amide bonds. The van der Waals surface area contributed by atoms with Gasteiger partial charge in [0.25, 0.3) is 5.91 Å². The van der Waals surface area contributed by atoms with E-state index < -0.39 is 12.6 Å². The molecule has 1 aromatic carbocycles. The first-order valence-corrected chi connectivity index (χ1v) is 7.48. The van der Waals surface area contributed by atoms with Gasteiger partial charge in [0.2, 0.25) is 0 Å². The molecule has 0 aliphatic heterocycles. The zero-order chi connectivity index (χ0) is 16.9. The summed E-state index contributed by atoms with van der Waals surface area (Å²) in [6, 6.07) is 6.82. The Kier molecular flexibility index (Phi) is 4.55. The second-order valence-electron chi connectivity index (χ2n) is 5.30. The predicted molar refractivity (Wildman–Crippen MR) is 85.2 cm³/mol.